The van der Waals surface area contributed by atoms with Gasteiger partial charge in [-0.15, -0.1) is 0 Å². The van der Waals surface area contributed by atoms with Crippen molar-refractivity contribution in [3.05, 3.63) is 48.5 Å². The number of ether oxygens (including phenoxy) is 2. The van der Waals surface area contributed by atoms with E-state index in [0.717, 1.165) is 48.9 Å². The molecule has 2 aromatic carbocycles. The maximum absolute atomic E-state index is 5.81. The van der Waals surface area contributed by atoms with Gasteiger partial charge in [0.1, 0.15) is 11.5 Å². The number of azo groups is 1. The molecule has 4 heteroatoms. The normalized spacial score (nSPS) is 11.1. The van der Waals surface area contributed by atoms with Crippen molar-refractivity contribution in [1.82, 2.24) is 0 Å². The maximum Gasteiger partial charge on any atom is 0.121 e. The van der Waals surface area contributed by atoms with Gasteiger partial charge in [-0.25, -0.2) is 0 Å². The largest absolute Gasteiger partial charge is 0.494 e. The van der Waals surface area contributed by atoms with Crippen LogP contribution in [0.25, 0.3) is 0 Å². The average molecular weight is 383 g/mol. The second-order valence-electron chi connectivity index (χ2n) is 7.01. The molecule has 0 aliphatic rings. The highest BCUT2D eigenvalue weighted by Gasteiger charge is 1.99. The smallest absolute Gasteiger partial charge is 0.121 e. The van der Waals surface area contributed by atoms with Gasteiger partial charge in [0, 0.05) is 12.1 Å². The van der Waals surface area contributed by atoms with Gasteiger partial charge in [0.15, 0.2) is 0 Å². The molecule has 0 saturated heterocycles. The van der Waals surface area contributed by atoms with Crippen LogP contribution >= 0.6 is 0 Å². The van der Waals surface area contributed by atoms with Gasteiger partial charge in [-0.3, -0.25) is 0 Å². The lowest BCUT2D eigenvalue weighted by atomic mass is 10.2. The molecule has 0 bridgehead atoms. The summed E-state index contributed by atoms with van der Waals surface area (Å²) in [5, 5.41) is 8.69. The summed E-state index contributed by atoms with van der Waals surface area (Å²) in [6.07, 6.45) is 9.61. The molecule has 152 valence electrons. The SMILES string of the molecule is CCCCCCOc1cccc(N=Nc2cccc(OCCCCCC)c2)c1. The molecule has 0 aliphatic heterocycles. The second kappa shape index (κ2) is 13.8. The monoisotopic (exact) mass is 382 g/mol. The molecule has 0 aromatic heterocycles. The molecule has 0 fully saturated rings. The van der Waals surface area contributed by atoms with Crippen LogP contribution < -0.4 is 9.47 Å². The summed E-state index contributed by atoms with van der Waals surface area (Å²) in [5.41, 5.74) is 1.58. The van der Waals surface area contributed by atoms with Gasteiger partial charge in [-0.1, -0.05) is 64.5 Å². The van der Waals surface area contributed by atoms with Crippen LogP contribution in [0, 0.1) is 0 Å². The van der Waals surface area contributed by atoms with Crippen molar-refractivity contribution >= 4 is 11.4 Å². The van der Waals surface area contributed by atoms with Gasteiger partial charge in [0.25, 0.3) is 0 Å². The number of benzene rings is 2. The van der Waals surface area contributed by atoms with Crippen molar-refractivity contribution in [3.63, 3.8) is 0 Å². The van der Waals surface area contributed by atoms with E-state index in [1.807, 2.05) is 48.5 Å². The minimum Gasteiger partial charge on any atom is -0.494 e. The van der Waals surface area contributed by atoms with E-state index in [0.29, 0.717) is 0 Å². The van der Waals surface area contributed by atoms with E-state index in [1.165, 1.54) is 38.5 Å². The second-order valence-corrected chi connectivity index (χ2v) is 7.01. The summed E-state index contributed by atoms with van der Waals surface area (Å²) >= 11 is 0. The Balaban J connectivity index is 1.84. The van der Waals surface area contributed by atoms with Gasteiger partial charge in [-0.05, 0) is 37.1 Å². The maximum atomic E-state index is 5.81. The van der Waals surface area contributed by atoms with Gasteiger partial charge in [0.05, 0.1) is 24.6 Å². The van der Waals surface area contributed by atoms with Crippen molar-refractivity contribution in [3.8, 4) is 11.5 Å². The fraction of sp³-hybridized carbons (Fsp3) is 0.500. The Morgan fingerprint density at radius 3 is 1.50 bits per heavy atom. The van der Waals surface area contributed by atoms with Crippen molar-refractivity contribution in [2.75, 3.05) is 13.2 Å². The molecule has 0 heterocycles. The van der Waals surface area contributed by atoms with E-state index in [1.54, 1.807) is 0 Å². The first-order valence-electron chi connectivity index (χ1n) is 10.7. The molecule has 28 heavy (non-hydrogen) atoms. The average Bonchev–Trinajstić information content (AvgIpc) is 2.73. The standard InChI is InChI=1S/C24H34N2O2/c1-3-5-7-9-17-27-23-15-11-13-21(19-23)25-26-22-14-12-16-24(20-22)28-18-10-8-6-4-2/h11-16,19-20H,3-10,17-18H2,1-2H3. The quantitative estimate of drug-likeness (QED) is 0.245. The Bertz CT molecular complexity index is 641. The summed E-state index contributed by atoms with van der Waals surface area (Å²) in [7, 11) is 0. The van der Waals surface area contributed by atoms with Gasteiger partial charge in [0.2, 0.25) is 0 Å². The Hall–Kier alpha value is -2.36. The molecule has 4 nitrogen and oxygen atoms in total. The summed E-state index contributed by atoms with van der Waals surface area (Å²) in [4.78, 5) is 0. The lowest BCUT2D eigenvalue weighted by Gasteiger charge is -2.06. The zero-order chi connectivity index (χ0) is 19.9. The third-order valence-electron chi connectivity index (χ3n) is 4.45. The number of nitrogens with zero attached hydrogens (tertiary/aromatic N) is 2. The summed E-state index contributed by atoms with van der Waals surface area (Å²) < 4.78 is 11.6. The zero-order valence-electron chi connectivity index (χ0n) is 17.4. The molecular formula is C24H34N2O2. The molecule has 0 amide bonds. The molecule has 2 rings (SSSR count). The van der Waals surface area contributed by atoms with Gasteiger partial charge < -0.3 is 9.47 Å². The van der Waals surface area contributed by atoms with Crippen LogP contribution in [0.5, 0.6) is 11.5 Å². The Labute approximate surface area is 170 Å². The molecule has 0 aliphatic carbocycles. The first-order chi connectivity index (χ1) is 13.8. The van der Waals surface area contributed by atoms with E-state index >= 15 is 0 Å². The molecule has 0 spiro atoms. The third kappa shape index (κ3) is 9.03. The molecule has 0 atom stereocenters. The fourth-order valence-corrected chi connectivity index (χ4v) is 2.82. The van der Waals surface area contributed by atoms with Crippen LogP contribution in [0.1, 0.15) is 65.2 Å². The van der Waals surface area contributed by atoms with Crippen LogP contribution in [-0.2, 0) is 0 Å². The summed E-state index contributed by atoms with van der Waals surface area (Å²) in [5.74, 6) is 1.69. The van der Waals surface area contributed by atoms with E-state index in [-0.39, 0.29) is 0 Å². The number of hydrogen-bond donors (Lipinski definition) is 0. The first-order valence-corrected chi connectivity index (χ1v) is 10.7. The molecule has 2 aromatic rings. The third-order valence-corrected chi connectivity index (χ3v) is 4.45. The van der Waals surface area contributed by atoms with Crippen LogP contribution in [0.15, 0.2) is 58.8 Å². The number of unbranched alkanes of at least 4 members (excludes halogenated alkanes) is 6. The van der Waals surface area contributed by atoms with Crippen LogP contribution in [0.4, 0.5) is 11.4 Å². The Kier molecular flexibility index (Phi) is 10.8. The summed E-state index contributed by atoms with van der Waals surface area (Å²) in [6, 6.07) is 15.5. The van der Waals surface area contributed by atoms with Gasteiger partial charge in [-0.2, -0.15) is 10.2 Å². The highest BCUT2D eigenvalue weighted by Crippen LogP contribution is 2.25. The van der Waals surface area contributed by atoms with Gasteiger partial charge >= 0.3 is 0 Å². The molecule has 0 saturated carbocycles. The number of hydrogen-bond acceptors (Lipinski definition) is 4. The van der Waals surface area contributed by atoms with Crippen molar-refractivity contribution < 1.29 is 9.47 Å². The van der Waals surface area contributed by atoms with Crippen LogP contribution in [0.2, 0.25) is 0 Å². The zero-order valence-corrected chi connectivity index (χ0v) is 17.4. The minimum absolute atomic E-state index is 0.748. The van der Waals surface area contributed by atoms with E-state index in [4.69, 9.17) is 9.47 Å². The highest BCUT2D eigenvalue weighted by molar-refractivity contribution is 5.46. The lowest BCUT2D eigenvalue weighted by Crippen LogP contribution is -1.96. The highest BCUT2D eigenvalue weighted by atomic mass is 16.5. The van der Waals surface area contributed by atoms with E-state index in [9.17, 15) is 0 Å². The Morgan fingerprint density at radius 2 is 1.07 bits per heavy atom. The van der Waals surface area contributed by atoms with Crippen molar-refractivity contribution in [1.29, 1.82) is 0 Å². The lowest BCUT2D eigenvalue weighted by molar-refractivity contribution is 0.305. The number of rotatable bonds is 14. The minimum atomic E-state index is 0.748. The first kappa shape index (κ1) is 21.9. The molecule has 0 unspecified atom stereocenters. The predicted molar refractivity (Wildman–Crippen MR) is 116 cm³/mol. The van der Waals surface area contributed by atoms with Crippen LogP contribution in [-0.4, -0.2) is 13.2 Å². The van der Waals surface area contributed by atoms with Crippen LogP contribution in [0.3, 0.4) is 0 Å². The van der Waals surface area contributed by atoms with E-state index < -0.39 is 0 Å². The van der Waals surface area contributed by atoms with Crippen molar-refractivity contribution in [2.24, 2.45) is 10.2 Å². The predicted octanol–water partition coefficient (Wildman–Crippen LogP) is 8.02. The Morgan fingerprint density at radius 1 is 0.607 bits per heavy atom. The molecule has 0 N–H and O–H groups in total. The fourth-order valence-electron chi connectivity index (χ4n) is 2.82. The van der Waals surface area contributed by atoms with E-state index in [2.05, 4.69) is 24.1 Å². The molecular weight excluding hydrogens is 348 g/mol. The topological polar surface area (TPSA) is 43.2 Å². The molecule has 0 radical (unpaired) electrons. The summed E-state index contributed by atoms with van der Waals surface area (Å²) in [6.45, 7) is 5.92. The van der Waals surface area contributed by atoms with Crippen molar-refractivity contribution in [2.45, 2.75) is 65.2 Å².